The van der Waals surface area contributed by atoms with Crippen LogP contribution in [0, 0.1) is 5.92 Å². The van der Waals surface area contributed by atoms with E-state index in [2.05, 4.69) is 20.3 Å². The molecule has 3 aromatic rings. The van der Waals surface area contributed by atoms with Gasteiger partial charge in [-0.1, -0.05) is 30.3 Å². The number of aliphatic carboxylic acids is 1. The second kappa shape index (κ2) is 8.78. The summed E-state index contributed by atoms with van der Waals surface area (Å²) < 4.78 is 0. The van der Waals surface area contributed by atoms with E-state index in [-0.39, 0.29) is 11.5 Å². The highest BCUT2D eigenvalue weighted by molar-refractivity contribution is 6.07. The van der Waals surface area contributed by atoms with Crippen molar-refractivity contribution in [3.8, 4) is 11.3 Å². The van der Waals surface area contributed by atoms with Crippen LogP contribution in [0.4, 0.5) is 17.2 Å². The van der Waals surface area contributed by atoms with Crippen molar-refractivity contribution in [1.29, 1.82) is 0 Å². The summed E-state index contributed by atoms with van der Waals surface area (Å²) in [6.07, 6.45) is 6.06. The Labute approximate surface area is 179 Å². The summed E-state index contributed by atoms with van der Waals surface area (Å²) in [7, 11) is 0. The molecule has 1 aliphatic heterocycles. The Morgan fingerprint density at radius 1 is 1.16 bits per heavy atom. The number of nitrogens with two attached hydrogens (primary N) is 1. The van der Waals surface area contributed by atoms with Gasteiger partial charge in [-0.3, -0.25) is 14.6 Å². The van der Waals surface area contributed by atoms with Gasteiger partial charge in [-0.25, -0.2) is 9.97 Å². The second-order valence-electron chi connectivity index (χ2n) is 7.33. The molecule has 1 aliphatic rings. The van der Waals surface area contributed by atoms with Gasteiger partial charge in [0.2, 0.25) is 0 Å². The highest BCUT2D eigenvalue weighted by Gasteiger charge is 2.27. The van der Waals surface area contributed by atoms with Crippen LogP contribution in [0.25, 0.3) is 11.3 Å². The van der Waals surface area contributed by atoms with Crippen LogP contribution in [0.1, 0.15) is 23.3 Å². The van der Waals surface area contributed by atoms with Gasteiger partial charge in [0.1, 0.15) is 0 Å². The summed E-state index contributed by atoms with van der Waals surface area (Å²) in [5, 5.41) is 12.2. The number of rotatable bonds is 5. The van der Waals surface area contributed by atoms with Crippen LogP contribution in [0.2, 0.25) is 0 Å². The Kier molecular flexibility index (Phi) is 5.74. The largest absolute Gasteiger partial charge is 0.481 e. The lowest BCUT2D eigenvalue weighted by molar-refractivity contribution is -0.141. The van der Waals surface area contributed by atoms with Crippen LogP contribution in [0.3, 0.4) is 0 Å². The molecule has 4 N–H and O–H groups in total. The number of carbonyl (C=O) groups is 2. The molecule has 1 unspecified atom stereocenters. The minimum Gasteiger partial charge on any atom is -0.481 e. The van der Waals surface area contributed by atoms with Gasteiger partial charge in [-0.05, 0) is 18.9 Å². The first-order valence-electron chi connectivity index (χ1n) is 9.94. The fourth-order valence-corrected chi connectivity index (χ4v) is 3.65. The fourth-order valence-electron chi connectivity index (χ4n) is 3.65. The van der Waals surface area contributed by atoms with Gasteiger partial charge in [-0.2, -0.15) is 0 Å². The summed E-state index contributed by atoms with van der Waals surface area (Å²) in [5.41, 5.74) is 8.46. The van der Waals surface area contributed by atoms with Crippen molar-refractivity contribution in [2.75, 3.05) is 29.0 Å². The molecule has 9 heteroatoms. The van der Waals surface area contributed by atoms with E-state index in [1.54, 1.807) is 12.3 Å². The number of nitrogens with one attached hydrogen (secondary N) is 1. The Morgan fingerprint density at radius 2 is 1.97 bits per heavy atom. The molecular formula is C22H22N6O3. The van der Waals surface area contributed by atoms with Crippen molar-refractivity contribution in [1.82, 2.24) is 15.0 Å². The standard InChI is InChI=1S/C22H22N6O3/c23-20-19(26-16(12-25-20)14-5-2-1-3-6-14)21(29)27-17-11-24-9-8-18(17)28-10-4-7-15(13-28)22(30)31/h1-3,5-6,8-9,11-12,15H,4,7,10,13H2,(H2,23,25)(H,27,29)(H,30,31). The van der Waals surface area contributed by atoms with Gasteiger partial charge in [0.15, 0.2) is 11.5 Å². The lowest BCUT2D eigenvalue weighted by Crippen LogP contribution is -2.39. The van der Waals surface area contributed by atoms with Crippen LogP contribution in [-0.2, 0) is 4.79 Å². The molecule has 2 aromatic heterocycles. The molecule has 1 amide bonds. The molecule has 4 rings (SSSR count). The Hall–Kier alpha value is -4.01. The number of piperidine rings is 1. The fraction of sp³-hybridized carbons (Fsp3) is 0.227. The third kappa shape index (κ3) is 4.45. The Balaban J connectivity index is 1.59. The summed E-state index contributed by atoms with van der Waals surface area (Å²) in [4.78, 5) is 39.0. The molecule has 1 saturated heterocycles. The third-order valence-electron chi connectivity index (χ3n) is 5.24. The number of hydrogen-bond acceptors (Lipinski definition) is 7. The average molecular weight is 418 g/mol. The molecule has 0 radical (unpaired) electrons. The van der Waals surface area contributed by atoms with E-state index in [4.69, 9.17) is 5.73 Å². The van der Waals surface area contributed by atoms with Gasteiger partial charge >= 0.3 is 5.97 Å². The van der Waals surface area contributed by atoms with Crippen molar-refractivity contribution in [3.05, 3.63) is 60.7 Å². The van der Waals surface area contributed by atoms with Crippen molar-refractivity contribution in [2.45, 2.75) is 12.8 Å². The van der Waals surface area contributed by atoms with Crippen LogP contribution in [0.5, 0.6) is 0 Å². The Morgan fingerprint density at radius 3 is 2.74 bits per heavy atom. The number of nitrogens with zero attached hydrogens (tertiary/aromatic N) is 4. The number of pyridine rings is 1. The first-order valence-corrected chi connectivity index (χ1v) is 9.94. The van der Waals surface area contributed by atoms with E-state index in [1.165, 1.54) is 12.4 Å². The maximum absolute atomic E-state index is 13.0. The van der Waals surface area contributed by atoms with Crippen molar-refractivity contribution in [3.63, 3.8) is 0 Å². The van der Waals surface area contributed by atoms with E-state index >= 15 is 0 Å². The molecule has 1 aromatic carbocycles. The summed E-state index contributed by atoms with van der Waals surface area (Å²) in [6, 6.07) is 11.1. The lowest BCUT2D eigenvalue weighted by atomic mass is 9.98. The molecule has 1 fully saturated rings. The lowest BCUT2D eigenvalue weighted by Gasteiger charge is -2.33. The van der Waals surface area contributed by atoms with E-state index in [0.29, 0.717) is 36.6 Å². The monoisotopic (exact) mass is 418 g/mol. The minimum atomic E-state index is -0.815. The van der Waals surface area contributed by atoms with Crippen molar-refractivity contribution in [2.24, 2.45) is 5.92 Å². The number of aromatic nitrogens is 3. The minimum absolute atomic E-state index is 0.0122. The van der Waals surface area contributed by atoms with E-state index in [0.717, 1.165) is 12.0 Å². The number of benzene rings is 1. The first-order chi connectivity index (χ1) is 15.0. The topological polar surface area (TPSA) is 134 Å². The summed E-state index contributed by atoms with van der Waals surface area (Å²) >= 11 is 0. The normalized spacial score (nSPS) is 16.0. The van der Waals surface area contributed by atoms with Gasteiger partial charge in [0.25, 0.3) is 5.91 Å². The molecule has 0 saturated carbocycles. The average Bonchev–Trinajstić information content (AvgIpc) is 2.80. The highest BCUT2D eigenvalue weighted by Crippen LogP contribution is 2.30. The van der Waals surface area contributed by atoms with Gasteiger partial charge in [-0.15, -0.1) is 0 Å². The highest BCUT2D eigenvalue weighted by atomic mass is 16.4. The Bertz CT molecular complexity index is 1110. The number of carboxylic acid groups (broad SMARTS) is 1. The predicted molar refractivity (Wildman–Crippen MR) is 117 cm³/mol. The number of anilines is 3. The van der Waals surface area contributed by atoms with E-state index in [9.17, 15) is 14.7 Å². The quantitative estimate of drug-likeness (QED) is 0.576. The molecule has 9 nitrogen and oxygen atoms in total. The maximum Gasteiger partial charge on any atom is 0.308 e. The van der Waals surface area contributed by atoms with Gasteiger partial charge < -0.3 is 21.1 Å². The number of hydrogen-bond donors (Lipinski definition) is 3. The van der Waals surface area contributed by atoms with E-state index in [1.807, 2.05) is 35.2 Å². The van der Waals surface area contributed by atoms with E-state index < -0.39 is 17.8 Å². The number of carbonyl (C=O) groups excluding carboxylic acids is 1. The number of amides is 1. The number of carboxylic acids is 1. The van der Waals surface area contributed by atoms with Crippen LogP contribution in [0.15, 0.2) is 55.0 Å². The predicted octanol–water partition coefficient (Wildman–Crippen LogP) is 2.67. The van der Waals surface area contributed by atoms with Crippen LogP contribution in [-0.4, -0.2) is 45.0 Å². The molecular weight excluding hydrogens is 396 g/mol. The maximum atomic E-state index is 13.0. The second-order valence-corrected chi connectivity index (χ2v) is 7.33. The molecule has 158 valence electrons. The number of nitrogen functional groups attached to an aromatic ring is 1. The molecule has 0 aliphatic carbocycles. The van der Waals surface area contributed by atoms with Crippen molar-refractivity contribution >= 4 is 29.1 Å². The molecule has 0 spiro atoms. The van der Waals surface area contributed by atoms with Crippen LogP contribution < -0.4 is 16.0 Å². The van der Waals surface area contributed by atoms with Crippen molar-refractivity contribution < 1.29 is 14.7 Å². The molecule has 31 heavy (non-hydrogen) atoms. The smallest absolute Gasteiger partial charge is 0.308 e. The molecule has 3 heterocycles. The SMILES string of the molecule is Nc1ncc(-c2ccccc2)nc1C(=O)Nc1cnccc1N1CCCC(C(=O)O)C1. The zero-order valence-electron chi connectivity index (χ0n) is 16.7. The third-order valence-corrected chi connectivity index (χ3v) is 5.24. The van der Waals surface area contributed by atoms with Gasteiger partial charge in [0, 0.05) is 24.8 Å². The van der Waals surface area contributed by atoms with Crippen LogP contribution >= 0.6 is 0 Å². The van der Waals surface area contributed by atoms with Gasteiger partial charge in [0.05, 0.1) is 35.4 Å². The summed E-state index contributed by atoms with van der Waals surface area (Å²) in [5.74, 6) is -1.75. The zero-order valence-corrected chi connectivity index (χ0v) is 16.7. The molecule has 0 bridgehead atoms. The summed E-state index contributed by atoms with van der Waals surface area (Å²) in [6.45, 7) is 1.07. The zero-order chi connectivity index (χ0) is 21.8. The molecule has 1 atom stereocenters. The first kappa shape index (κ1) is 20.3.